The minimum absolute atomic E-state index is 0.192. The van der Waals surface area contributed by atoms with Gasteiger partial charge in [0.1, 0.15) is 6.61 Å². The van der Waals surface area contributed by atoms with Crippen molar-refractivity contribution in [2.24, 2.45) is 0 Å². The summed E-state index contributed by atoms with van der Waals surface area (Å²) in [6, 6.07) is 15.2. The second-order valence-electron chi connectivity index (χ2n) is 5.60. The first-order valence-corrected chi connectivity index (χ1v) is 7.43. The standard InChI is InChI=1S/C18H19NO3/c1-12(2)13-7-3-4-8-14(13)19-18(20)17-11-21-15-9-5-6-10-16(15)22-17/h3-10,12,17H,11H2,1-2H3,(H,19,20). The van der Waals surface area contributed by atoms with E-state index in [1.165, 1.54) is 0 Å². The van der Waals surface area contributed by atoms with Crippen molar-refractivity contribution in [1.29, 1.82) is 0 Å². The highest BCUT2D eigenvalue weighted by molar-refractivity contribution is 5.95. The minimum atomic E-state index is -0.643. The molecule has 3 rings (SSSR count). The number of rotatable bonds is 3. The maximum Gasteiger partial charge on any atom is 0.269 e. The molecule has 114 valence electrons. The topological polar surface area (TPSA) is 47.6 Å². The van der Waals surface area contributed by atoms with Crippen LogP contribution in [-0.4, -0.2) is 18.6 Å². The Morgan fingerprint density at radius 2 is 1.77 bits per heavy atom. The molecule has 1 heterocycles. The fraction of sp³-hybridized carbons (Fsp3) is 0.278. The predicted octanol–water partition coefficient (Wildman–Crippen LogP) is 3.59. The lowest BCUT2D eigenvalue weighted by molar-refractivity contribution is -0.125. The molecule has 0 aromatic heterocycles. The molecule has 4 nitrogen and oxygen atoms in total. The van der Waals surface area contributed by atoms with Crippen LogP contribution in [0.2, 0.25) is 0 Å². The predicted molar refractivity (Wildman–Crippen MR) is 85.5 cm³/mol. The molecule has 0 saturated carbocycles. The van der Waals surface area contributed by atoms with Gasteiger partial charge in [-0.25, -0.2) is 0 Å². The van der Waals surface area contributed by atoms with Gasteiger partial charge in [-0.1, -0.05) is 44.2 Å². The van der Waals surface area contributed by atoms with Crippen LogP contribution in [0.25, 0.3) is 0 Å². The molecular formula is C18H19NO3. The number of amides is 1. The molecule has 1 aliphatic rings. The third kappa shape index (κ3) is 2.91. The van der Waals surface area contributed by atoms with Crippen LogP contribution in [0.15, 0.2) is 48.5 Å². The first-order chi connectivity index (χ1) is 10.6. The van der Waals surface area contributed by atoms with Gasteiger partial charge in [0, 0.05) is 5.69 Å². The summed E-state index contributed by atoms with van der Waals surface area (Å²) >= 11 is 0. The molecule has 0 aliphatic carbocycles. The number of anilines is 1. The van der Waals surface area contributed by atoms with E-state index in [0.29, 0.717) is 17.4 Å². The summed E-state index contributed by atoms with van der Waals surface area (Å²) in [5, 5.41) is 2.95. The van der Waals surface area contributed by atoms with E-state index in [4.69, 9.17) is 9.47 Å². The Morgan fingerprint density at radius 1 is 1.09 bits per heavy atom. The molecule has 0 spiro atoms. The maximum absolute atomic E-state index is 12.4. The molecule has 1 aliphatic heterocycles. The monoisotopic (exact) mass is 297 g/mol. The number of hydrogen-bond donors (Lipinski definition) is 1. The van der Waals surface area contributed by atoms with Gasteiger partial charge in [-0.15, -0.1) is 0 Å². The summed E-state index contributed by atoms with van der Waals surface area (Å²) in [5.74, 6) is 1.42. The number of nitrogens with one attached hydrogen (secondary N) is 1. The zero-order valence-electron chi connectivity index (χ0n) is 12.7. The molecule has 0 fully saturated rings. The second kappa shape index (κ2) is 6.10. The number of benzene rings is 2. The molecule has 1 amide bonds. The highest BCUT2D eigenvalue weighted by Crippen LogP contribution is 2.31. The van der Waals surface area contributed by atoms with Gasteiger partial charge in [0.15, 0.2) is 11.5 Å². The SMILES string of the molecule is CC(C)c1ccccc1NC(=O)C1COc2ccccc2O1. The van der Waals surface area contributed by atoms with Crippen LogP contribution in [0.4, 0.5) is 5.69 Å². The van der Waals surface area contributed by atoms with E-state index < -0.39 is 6.10 Å². The third-order valence-electron chi connectivity index (χ3n) is 3.64. The second-order valence-corrected chi connectivity index (χ2v) is 5.60. The molecule has 0 bridgehead atoms. The van der Waals surface area contributed by atoms with Crippen LogP contribution >= 0.6 is 0 Å². The molecule has 22 heavy (non-hydrogen) atoms. The van der Waals surface area contributed by atoms with Crippen molar-refractivity contribution in [2.75, 3.05) is 11.9 Å². The number of carbonyl (C=O) groups excluding carboxylic acids is 1. The van der Waals surface area contributed by atoms with Gasteiger partial charge in [-0.2, -0.15) is 0 Å². The quantitative estimate of drug-likeness (QED) is 0.942. The van der Waals surface area contributed by atoms with Gasteiger partial charge in [0.2, 0.25) is 6.10 Å². The van der Waals surface area contributed by atoms with Gasteiger partial charge in [0.05, 0.1) is 0 Å². The minimum Gasteiger partial charge on any atom is -0.485 e. The van der Waals surface area contributed by atoms with Crippen LogP contribution in [0.1, 0.15) is 25.3 Å². The van der Waals surface area contributed by atoms with Crippen molar-refractivity contribution in [1.82, 2.24) is 0 Å². The molecular weight excluding hydrogens is 278 g/mol. The van der Waals surface area contributed by atoms with E-state index in [2.05, 4.69) is 19.2 Å². The number of fused-ring (bicyclic) bond motifs is 1. The molecule has 0 radical (unpaired) electrons. The Hall–Kier alpha value is -2.49. The van der Waals surface area contributed by atoms with Crippen LogP contribution in [-0.2, 0) is 4.79 Å². The van der Waals surface area contributed by atoms with E-state index in [1.54, 1.807) is 6.07 Å². The normalized spacial score (nSPS) is 16.4. The van der Waals surface area contributed by atoms with Crippen molar-refractivity contribution in [3.8, 4) is 11.5 Å². The van der Waals surface area contributed by atoms with Crippen LogP contribution < -0.4 is 14.8 Å². The molecule has 1 N–H and O–H groups in total. The Morgan fingerprint density at radius 3 is 2.55 bits per heavy atom. The fourth-order valence-corrected chi connectivity index (χ4v) is 2.48. The number of carbonyl (C=O) groups is 1. The summed E-state index contributed by atoms with van der Waals surface area (Å²) in [6.07, 6.45) is -0.643. The van der Waals surface area contributed by atoms with Crippen molar-refractivity contribution in [3.05, 3.63) is 54.1 Å². The highest BCUT2D eigenvalue weighted by Gasteiger charge is 2.27. The molecule has 2 aromatic carbocycles. The van der Waals surface area contributed by atoms with Gasteiger partial charge >= 0.3 is 0 Å². The van der Waals surface area contributed by atoms with Crippen molar-refractivity contribution >= 4 is 11.6 Å². The highest BCUT2D eigenvalue weighted by atomic mass is 16.6. The van der Waals surface area contributed by atoms with Gasteiger partial charge < -0.3 is 14.8 Å². The summed E-state index contributed by atoms with van der Waals surface area (Å²) in [5.41, 5.74) is 1.93. The number of hydrogen-bond acceptors (Lipinski definition) is 3. The van der Waals surface area contributed by atoms with Gasteiger partial charge in [-0.05, 0) is 29.7 Å². The van der Waals surface area contributed by atoms with E-state index in [9.17, 15) is 4.79 Å². The lowest BCUT2D eigenvalue weighted by Crippen LogP contribution is -2.40. The first kappa shape index (κ1) is 14.4. The molecule has 0 saturated heterocycles. The van der Waals surface area contributed by atoms with Crippen molar-refractivity contribution in [3.63, 3.8) is 0 Å². The Kier molecular flexibility index (Phi) is 4.00. The van der Waals surface area contributed by atoms with Crippen LogP contribution in [0.5, 0.6) is 11.5 Å². The molecule has 4 heteroatoms. The van der Waals surface area contributed by atoms with E-state index >= 15 is 0 Å². The average molecular weight is 297 g/mol. The summed E-state index contributed by atoms with van der Waals surface area (Å²) in [7, 11) is 0. The molecule has 2 aromatic rings. The Labute approximate surface area is 130 Å². The molecule has 1 unspecified atom stereocenters. The largest absolute Gasteiger partial charge is 0.485 e. The van der Waals surface area contributed by atoms with Crippen molar-refractivity contribution < 1.29 is 14.3 Å². The maximum atomic E-state index is 12.4. The smallest absolute Gasteiger partial charge is 0.269 e. The van der Waals surface area contributed by atoms with Crippen LogP contribution in [0, 0.1) is 0 Å². The zero-order chi connectivity index (χ0) is 15.5. The van der Waals surface area contributed by atoms with Crippen LogP contribution in [0.3, 0.4) is 0 Å². The first-order valence-electron chi connectivity index (χ1n) is 7.43. The fourth-order valence-electron chi connectivity index (χ4n) is 2.48. The number of ether oxygens (including phenoxy) is 2. The third-order valence-corrected chi connectivity index (χ3v) is 3.64. The van der Waals surface area contributed by atoms with Gasteiger partial charge in [-0.3, -0.25) is 4.79 Å². The van der Waals surface area contributed by atoms with Crippen molar-refractivity contribution in [2.45, 2.75) is 25.9 Å². The summed E-state index contributed by atoms with van der Waals surface area (Å²) in [4.78, 5) is 12.4. The zero-order valence-corrected chi connectivity index (χ0v) is 12.7. The van der Waals surface area contributed by atoms with E-state index in [0.717, 1.165) is 11.3 Å². The van der Waals surface area contributed by atoms with E-state index in [-0.39, 0.29) is 12.5 Å². The number of para-hydroxylation sites is 3. The van der Waals surface area contributed by atoms with Gasteiger partial charge in [0.25, 0.3) is 5.91 Å². The average Bonchev–Trinajstić information content (AvgIpc) is 2.54. The lowest BCUT2D eigenvalue weighted by Gasteiger charge is -2.26. The van der Waals surface area contributed by atoms with E-state index in [1.807, 2.05) is 42.5 Å². The molecule has 1 atom stereocenters. The summed E-state index contributed by atoms with van der Waals surface area (Å²) < 4.78 is 11.3. The lowest BCUT2D eigenvalue weighted by atomic mass is 10.0. The summed E-state index contributed by atoms with van der Waals surface area (Å²) in [6.45, 7) is 4.41. The Bertz CT molecular complexity index is 682. The Balaban J connectivity index is 1.74.